The van der Waals surface area contributed by atoms with Gasteiger partial charge in [-0.15, -0.1) is 0 Å². The van der Waals surface area contributed by atoms with Gasteiger partial charge >= 0.3 is 0 Å². The molecule has 1 heterocycles. The van der Waals surface area contributed by atoms with Gasteiger partial charge in [0.15, 0.2) is 0 Å². The van der Waals surface area contributed by atoms with Crippen LogP contribution < -0.4 is 0 Å². The molecule has 0 radical (unpaired) electrons. The van der Waals surface area contributed by atoms with Crippen LogP contribution in [-0.2, 0) is 11.2 Å². The fourth-order valence-corrected chi connectivity index (χ4v) is 1.99. The van der Waals surface area contributed by atoms with Crippen molar-refractivity contribution in [1.82, 2.24) is 4.98 Å². The van der Waals surface area contributed by atoms with E-state index in [1.54, 1.807) is 19.3 Å². The Morgan fingerprint density at radius 3 is 1.74 bits per heavy atom. The summed E-state index contributed by atoms with van der Waals surface area (Å²) in [5.41, 5.74) is 5.09. The predicted molar refractivity (Wildman–Crippen MR) is 79.3 cm³/mol. The molecule has 0 aliphatic rings. The smallest absolute Gasteiger partial charge is 0.134 e. The number of hydrogen-bond donors (Lipinski definition) is 0. The van der Waals surface area contributed by atoms with E-state index in [1.165, 1.54) is 16.7 Å². The van der Waals surface area contributed by atoms with Crippen LogP contribution in [0.1, 0.15) is 29.2 Å². The normalized spacial score (nSPS) is 9.47. The van der Waals surface area contributed by atoms with Gasteiger partial charge in [-0.25, -0.2) is 0 Å². The molecule has 0 aliphatic carbocycles. The lowest BCUT2D eigenvalue weighted by molar-refractivity contribution is -0.116. The lowest BCUT2D eigenvalue weighted by atomic mass is 10.1. The van der Waals surface area contributed by atoms with E-state index in [2.05, 4.69) is 44.0 Å². The summed E-state index contributed by atoms with van der Waals surface area (Å²) in [4.78, 5) is 14.4. The first-order valence-electron chi connectivity index (χ1n) is 6.40. The van der Waals surface area contributed by atoms with Crippen molar-refractivity contribution in [3.8, 4) is 0 Å². The van der Waals surface area contributed by atoms with E-state index < -0.39 is 0 Å². The maximum atomic E-state index is 10.6. The van der Waals surface area contributed by atoms with Crippen molar-refractivity contribution in [2.75, 3.05) is 0 Å². The topological polar surface area (TPSA) is 30.0 Å². The van der Waals surface area contributed by atoms with Crippen molar-refractivity contribution in [2.24, 2.45) is 0 Å². The summed E-state index contributed by atoms with van der Waals surface area (Å²) < 4.78 is 0. The highest BCUT2D eigenvalue weighted by molar-refractivity contribution is 5.78. The van der Waals surface area contributed by atoms with E-state index in [0.717, 1.165) is 5.56 Å². The number of pyridine rings is 1. The van der Waals surface area contributed by atoms with Gasteiger partial charge in [0.05, 0.1) is 0 Å². The Hall–Kier alpha value is -1.96. The lowest BCUT2D eigenvalue weighted by Crippen LogP contribution is -1.95. The first-order chi connectivity index (χ1) is 8.97. The summed E-state index contributed by atoms with van der Waals surface area (Å²) >= 11 is 0. The number of Topliss-reactive ketones (excluding diaryl/α,β-unsaturated/α-hetero) is 1. The van der Waals surface area contributed by atoms with Crippen molar-refractivity contribution in [3.63, 3.8) is 0 Å². The van der Waals surface area contributed by atoms with Gasteiger partial charge in [-0.2, -0.15) is 0 Å². The molecule has 2 nitrogen and oxygen atoms in total. The number of hydrogen-bond acceptors (Lipinski definition) is 2. The zero-order valence-corrected chi connectivity index (χ0v) is 12.1. The van der Waals surface area contributed by atoms with Gasteiger partial charge in [0.25, 0.3) is 0 Å². The van der Waals surface area contributed by atoms with Gasteiger partial charge in [0.2, 0.25) is 0 Å². The molecule has 1 aromatic carbocycles. The largest absolute Gasteiger partial charge is 0.300 e. The van der Waals surface area contributed by atoms with Crippen LogP contribution in [0.2, 0.25) is 0 Å². The molecule has 0 saturated carbocycles. The third kappa shape index (κ3) is 6.51. The number of aromatic nitrogens is 1. The summed E-state index contributed by atoms with van der Waals surface area (Å²) in [7, 11) is 0. The van der Waals surface area contributed by atoms with Crippen LogP contribution in [0.3, 0.4) is 0 Å². The van der Waals surface area contributed by atoms with Crippen molar-refractivity contribution >= 4 is 5.78 Å². The molecule has 0 unspecified atom stereocenters. The van der Waals surface area contributed by atoms with Crippen LogP contribution in [0.4, 0.5) is 0 Å². The fourth-order valence-electron chi connectivity index (χ4n) is 1.99. The van der Waals surface area contributed by atoms with E-state index in [4.69, 9.17) is 0 Å². The number of aryl methyl sites for hydroxylation is 3. The Labute approximate surface area is 115 Å². The number of ketones is 1. The van der Waals surface area contributed by atoms with Crippen molar-refractivity contribution in [1.29, 1.82) is 0 Å². The Balaban J connectivity index is 0.000000191. The summed E-state index contributed by atoms with van der Waals surface area (Å²) in [5, 5.41) is 0. The van der Waals surface area contributed by atoms with Crippen molar-refractivity contribution < 1.29 is 4.79 Å². The van der Waals surface area contributed by atoms with Crippen LogP contribution in [0, 0.1) is 20.8 Å². The van der Waals surface area contributed by atoms with Gasteiger partial charge < -0.3 is 0 Å². The van der Waals surface area contributed by atoms with Crippen LogP contribution in [0.25, 0.3) is 0 Å². The Bertz CT molecular complexity index is 482. The molecular formula is C17H21NO. The standard InChI is InChI=1S/C9H12.C8H9NO/c1-7-4-8(2)6-9(3)5-7;1-7(10)6-8-2-4-9-5-3-8/h4-6H,1-3H3;2-5H,6H2,1H3. The van der Waals surface area contributed by atoms with E-state index in [9.17, 15) is 4.79 Å². The quantitative estimate of drug-likeness (QED) is 0.816. The van der Waals surface area contributed by atoms with Gasteiger partial charge in [0, 0.05) is 18.8 Å². The van der Waals surface area contributed by atoms with Crippen LogP contribution in [0.15, 0.2) is 42.7 Å². The molecule has 19 heavy (non-hydrogen) atoms. The van der Waals surface area contributed by atoms with Gasteiger partial charge in [-0.1, -0.05) is 34.9 Å². The maximum Gasteiger partial charge on any atom is 0.134 e. The van der Waals surface area contributed by atoms with Gasteiger partial charge in [-0.05, 0) is 45.4 Å². The number of nitrogens with zero attached hydrogens (tertiary/aromatic N) is 1. The Morgan fingerprint density at radius 1 is 0.947 bits per heavy atom. The SMILES string of the molecule is CC(=O)Cc1ccncc1.Cc1cc(C)cc(C)c1. The lowest BCUT2D eigenvalue weighted by Gasteiger charge is -1.96. The molecule has 0 saturated heterocycles. The molecule has 0 spiro atoms. The minimum atomic E-state index is 0.186. The molecule has 2 rings (SSSR count). The summed E-state index contributed by atoms with van der Waals surface area (Å²) in [5.74, 6) is 0.186. The average molecular weight is 255 g/mol. The van der Waals surface area contributed by atoms with Crippen LogP contribution >= 0.6 is 0 Å². The van der Waals surface area contributed by atoms with E-state index in [1.807, 2.05) is 12.1 Å². The third-order valence-electron chi connectivity index (χ3n) is 2.57. The second kappa shape index (κ2) is 7.47. The number of carbonyl (C=O) groups excluding carboxylic acids is 1. The van der Waals surface area contributed by atoms with E-state index in [-0.39, 0.29) is 5.78 Å². The molecule has 0 bridgehead atoms. The molecule has 0 aliphatic heterocycles. The van der Waals surface area contributed by atoms with Crippen LogP contribution in [-0.4, -0.2) is 10.8 Å². The number of benzene rings is 1. The average Bonchev–Trinajstić information content (AvgIpc) is 2.28. The molecular weight excluding hydrogens is 234 g/mol. The highest BCUT2D eigenvalue weighted by Crippen LogP contribution is 2.06. The molecule has 2 aromatic rings. The van der Waals surface area contributed by atoms with Crippen molar-refractivity contribution in [3.05, 3.63) is 65.0 Å². The third-order valence-corrected chi connectivity index (χ3v) is 2.57. The molecule has 2 heteroatoms. The zero-order chi connectivity index (χ0) is 14.3. The van der Waals surface area contributed by atoms with E-state index in [0.29, 0.717) is 6.42 Å². The van der Waals surface area contributed by atoms with Crippen LogP contribution in [0.5, 0.6) is 0 Å². The molecule has 0 atom stereocenters. The summed E-state index contributed by atoms with van der Waals surface area (Å²) in [6.07, 6.45) is 3.90. The maximum absolute atomic E-state index is 10.6. The van der Waals surface area contributed by atoms with E-state index >= 15 is 0 Å². The van der Waals surface area contributed by atoms with Gasteiger partial charge in [0.1, 0.15) is 5.78 Å². The molecule has 0 fully saturated rings. The highest BCUT2D eigenvalue weighted by Gasteiger charge is 1.94. The minimum Gasteiger partial charge on any atom is -0.300 e. The molecule has 100 valence electrons. The Morgan fingerprint density at radius 2 is 1.37 bits per heavy atom. The first kappa shape index (κ1) is 15.1. The summed E-state index contributed by atoms with van der Waals surface area (Å²) in [6.45, 7) is 7.96. The predicted octanol–water partition coefficient (Wildman–Crippen LogP) is 3.82. The number of carbonyl (C=O) groups is 1. The molecule has 0 amide bonds. The first-order valence-corrected chi connectivity index (χ1v) is 6.40. The zero-order valence-electron chi connectivity index (χ0n) is 12.1. The molecule has 0 N–H and O–H groups in total. The van der Waals surface area contributed by atoms with Gasteiger partial charge in [-0.3, -0.25) is 9.78 Å². The second-order valence-electron chi connectivity index (χ2n) is 4.90. The minimum absolute atomic E-state index is 0.186. The summed E-state index contributed by atoms with van der Waals surface area (Å²) in [6, 6.07) is 10.3. The highest BCUT2D eigenvalue weighted by atomic mass is 16.1. The Kier molecular flexibility index (Phi) is 5.94. The molecule has 1 aromatic heterocycles. The second-order valence-corrected chi connectivity index (χ2v) is 4.90. The monoisotopic (exact) mass is 255 g/mol. The fraction of sp³-hybridized carbons (Fsp3) is 0.294. The van der Waals surface area contributed by atoms with Crippen molar-refractivity contribution in [2.45, 2.75) is 34.1 Å². The number of rotatable bonds is 2.